The molecule has 0 rings (SSSR count). The van der Waals surface area contributed by atoms with Crippen molar-refractivity contribution >= 4 is 22.1 Å². The molecule has 4 heteroatoms. The maximum absolute atomic E-state index is 10.8. The number of unbranched alkanes of at least 4 members (excludes halogenated alkanes) is 3. The molecule has 0 bridgehead atoms. The van der Waals surface area contributed by atoms with E-state index in [0.717, 1.165) is 12.8 Å². The van der Waals surface area contributed by atoms with Crippen LogP contribution in [-0.4, -0.2) is 12.8 Å². The third-order valence-electron chi connectivity index (χ3n) is 1.50. The Morgan fingerprint density at radius 2 is 2.18 bits per heavy atom. The second-order valence-electron chi connectivity index (χ2n) is 2.56. The fraction of sp³-hybridized carbons (Fsp3) is 0.857. The van der Waals surface area contributed by atoms with Gasteiger partial charge in [0.15, 0.2) is 0 Å². The molecule has 0 aromatic carbocycles. The third kappa shape index (κ3) is 7.87. The average molecular weight is 171 g/mol. The SMILES string of the molecule is CCCCCCC(=O)/B=N\P. The van der Waals surface area contributed by atoms with Gasteiger partial charge in [0.05, 0.1) is 0 Å². The molecule has 0 aromatic rings. The van der Waals surface area contributed by atoms with E-state index in [1.807, 2.05) is 0 Å². The molecule has 2 nitrogen and oxygen atoms in total. The molecular formula is C7H15BNOP. The molecule has 0 heterocycles. The summed E-state index contributed by atoms with van der Waals surface area (Å²) in [5.74, 6) is 0. The molecule has 0 saturated heterocycles. The number of carbonyl (C=O) groups excluding carboxylic acids is 1. The van der Waals surface area contributed by atoms with Crippen LogP contribution >= 0.6 is 9.39 Å². The minimum atomic E-state index is 0.135. The van der Waals surface area contributed by atoms with E-state index < -0.39 is 0 Å². The molecule has 0 fully saturated rings. The molecule has 0 saturated carbocycles. The minimum absolute atomic E-state index is 0.135. The van der Waals surface area contributed by atoms with Crippen LogP contribution in [-0.2, 0) is 4.79 Å². The molecule has 0 spiro atoms. The van der Waals surface area contributed by atoms with Crippen molar-refractivity contribution in [3.05, 3.63) is 0 Å². The second kappa shape index (κ2) is 8.07. The Morgan fingerprint density at radius 1 is 1.45 bits per heavy atom. The summed E-state index contributed by atoms with van der Waals surface area (Å²) >= 11 is 0. The second-order valence-corrected chi connectivity index (χ2v) is 2.85. The van der Waals surface area contributed by atoms with Gasteiger partial charge < -0.3 is 0 Å². The molecule has 0 aliphatic heterocycles. The van der Waals surface area contributed by atoms with Gasteiger partial charge in [0.25, 0.3) is 0 Å². The van der Waals surface area contributed by atoms with Crippen molar-refractivity contribution in [2.45, 2.75) is 39.0 Å². The number of rotatable bonds is 6. The third-order valence-corrected chi connectivity index (χ3v) is 1.64. The Hall–Kier alpha value is -0.0351. The molecule has 11 heavy (non-hydrogen) atoms. The van der Waals surface area contributed by atoms with Gasteiger partial charge in [0, 0.05) is 0 Å². The first-order chi connectivity index (χ1) is 5.31. The molecule has 0 aromatic heterocycles. The van der Waals surface area contributed by atoms with Crippen LogP contribution in [0.25, 0.3) is 0 Å². The molecule has 0 N–H and O–H groups in total. The first-order valence-corrected chi connectivity index (χ1v) is 4.59. The Bertz CT molecular complexity index is 138. The van der Waals surface area contributed by atoms with Crippen LogP contribution in [0, 0.1) is 0 Å². The summed E-state index contributed by atoms with van der Waals surface area (Å²) < 4.78 is 3.58. The van der Waals surface area contributed by atoms with E-state index in [1.54, 1.807) is 0 Å². The summed E-state index contributed by atoms with van der Waals surface area (Å²) in [5.41, 5.74) is 0.135. The molecule has 62 valence electrons. The molecular weight excluding hydrogens is 156 g/mol. The quantitative estimate of drug-likeness (QED) is 0.342. The number of hydrogen-bond donors (Lipinski definition) is 0. The maximum atomic E-state index is 10.8. The van der Waals surface area contributed by atoms with E-state index in [9.17, 15) is 4.79 Å². The molecule has 0 amide bonds. The van der Waals surface area contributed by atoms with E-state index in [2.05, 4.69) is 21.0 Å². The summed E-state index contributed by atoms with van der Waals surface area (Å²) in [6.45, 7) is 2.16. The number of nitrogens with zero attached hydrogens (tertiary/aromatic N) is 1. The van der Waals surface area contributed by atoms with Gasteiger partial charge in [-0.2, -0.15) is 0 Å². The van der Waals surface area contributed by atoms with Crippen molar-refractivity contribution in [2.24, 2.45) is 4.67 Å². The van der Waals surface area contributed by atoms with Gasteiger partial charge in [-0.1, -0.05) is 0 Å². The summed E-state index contributed by atoms with van der Waals surface area (Å²) in [4.78, 5) is 10.8. The van der Waals surface area contributed by atoms with Crippen LogP contribution in [0.4, 0.5) is 0 Å². The standard InChI is InChI=1S/C7H15BNOP/c1-2-3-4-5-6-7(10)8-9-11/h2-6,11H2,1H3. The molecule has 0 aliphatic rings. The number of hydrogen-bond acceptors (Lipinski definition) is 2. The van der Waals surface area contributed by atoms with Crippen LogP contribution in [0.15, 0.2) is 4.67 Å². The van der Waals surface area contributed by atoms with E-state index in [4.69, 9.17) is 0 Å². The predicted molar refractivity (Wildman–Crippen MR) is 51.7 cm³/mol. The molecule has 1 unspecified atom stereocenters. The van der Waals surface area contributed by atoms with Crippen molar-refractivity contribution in [2.75, 3.05) is 0 Å². The Morgan fingerprint density at radius 3 is 2.73 bits per heavy atom. The van der Waals surface area contributed by atoms with E-state index in [-0.39, 0.29) is 5.68 Å². The normalized spacial score (nSPS) is 10.0. The van der Waals surface area contributed by atoms with Gasteiger partial charge in [-0.3, -0.25) is 0 Å². The monoisotopic (exact) mass is 171 g/mol. The Labute approximate surface area is 71.4 Å². The van der Waals surface area contributed by atoms with Crippen LogP contribution in [0.5, 0.6) is 0 Å². The van der Waals surface area contributed by atoms with Crippen molar-refractivity contribution in [1.29, 1.82) is 0 Å². The predicted octanol–water partition coefficient (Wildman–Crippen LogP) is 2.16. The van der Waals surface area contributed by atoms with Crippen molar-refractivity contribution in [3.8, 4) is 0 Å². The zero-order valence-electron chi connectivity index (χ0n) is 7.05. The summed E-state index contributed by atoms with van der Waals surface area (Å²) in [7, 11) is 3.53. The first-order valence-electron chi connectivity index (χ1n) is 4.07. The zero-order chi connectivity index (χ0) is 8.53. The van der Waals surface area contributed by atoms with Gasteiger partial charge >= 0.3 is 70.6 Å². The van der Waals surface area contributed by atoms with Gasteiger partial charge in [0.2, 0.25) is 0 Å². The Balaban J connectivity index is 3.17. The fourth-order valence-electron chi connectivity index (χ4n) is 0.874. The fourth-order valence-corrected chi connectivity index (χ4v) is 1.04. The summed E-state index contributed by atoms with van der Waals surface area (Å²) in [6, 6.07) is 0. The van der Waals surface area contributed by atoms with E-state index in [0.29, 0.717) is 6.42 Å². The topological polar surface area (TPSA) is 29.4 Å². The number of carbonyl (C=O) groups is 1. The van der Waals surface area contributed by atoms with Crippen molar-refractivity contribution < 1.29 is 4.79 Å². The van der Waals surface area contributed by atoms with Crippen LogP contribution in [0.3, 0.4) is 0 Å². The summed E-state index contributed by atoms with van der Waals surface area (Å²) in [5, 5.41) is 0. The molecule has 0 radical (unpaired) electrons. The van der Waals surface area contributed by atoms with Crippen molar-refractivity contribution in [1.82, 2.24) is 0 Å². The van der Waals surface area contributed by atoms with Gasteiger partial charge in [-0.05, 0) is 0 Å². The average Bonchev–Trinajstić information content (AvgIpc) is 1.99. The van der Waals surface area contributed by atoms with Gasteiger partial charge in [0.1, 0.15) is 0 Å². The molecule has 0 aliphatic carbocycles. The first kappa shape index (κ1) is 11.0. The zero-order valence-corrected chi connectivity index (χ0v) is 8.20. The van der Waals surface area contributed by atoms with E-state index >= 15 is 0 Å². The van der Waals surface area contributed by atoms with Crippen LogP contribution in [0.2, 0.25) is 0 Å². The summed E-state index contributed by atoms with van der Waals surface area (Å²) in [6.07, 6.45) is 5.26. The van der Waals surface area contributed by atoms with Gasteiger partial charge in [-0.25, -0.2) is 0 Å². The van der Waals surface area contributed by atoms with Crippen LogP contribution in [0.1, 0.15) is 39.0 Å². The van der Waals surface area contributed by atoms with Gasteiger partial charge in [-0.15, -0.1) is 0 Å². The van der Waals surface area contributed by atoms with Crippen LogP contribution < -0.4 is 0 Å². The Kier molecular flexibility index (Phi) is 8.04. The van der Waals surface area contributed by atoms with Crippen molar-refractivity contribution in [3.63, 3.8) is 0 Å². The molecule has 1 atom stereocenters. The van der Waals surface area contributed by atoms with E-state index in [1.165, 1.54) is 19.9 Å².